The highest BCUT2D eigenvalue weighted by Gasteiger charge is 2.22. The Kier molecular flexibility index (Phi) is 6.08. The number of benzene rings is 2. The first-order valence-electron chi connectivity index (χ1n) is 8.75. The number of carbonyl (C=O) groups excluding carboxylic acids is 1. The molecule has 1 heterocycles. The van der Waals surface area contributed by atoms with Crippen LogP contribution in [0, 0.1) is 12.1 Å². The molecule has 0 atom stereocenters. The van der Waals surface area contributed by atoms with E-state index >= 15 is 0 Å². The van der Waals surface area contributed by atoms with Crippen LogP contribution in [0.3, 0.4) is 0 Å². The highest BCUT2D eigenvalue weighted by molar-refractivity contribution is 7.92. The van der Waals surface area contributed by atoms with Crippen molar-refractivity contribution < 1.29 is 26.4 Å². The molecule has 0 aliphatic carbocycles. The number of nitrogens with zero attached hydrogens (tertiary/aromatic N) is 1. The van der Waals surface area contributed by atoms with Crippen LogP contribution in [0.1, 0.15) is 21.6 Å². The number of aromatic nitrogens is 1. The second kappa shape index (κ2) is 8.29. The van der Waals surface area contributed by atoms with Crippen molar-refractivity contribution in [2.24, 2.45) is 0 Å². The smallest absolute Gasteiger partial charge is 0.261 e. The normalized spacial score (nSPS) is 11.8. The van der Waals surface area contributed by atoms with E-state index in [0.717, 1.165) is 24.6 Å². The zero-order valence-corrected chi connectivity index (χ0v) is 18.8. The average Bonchev–Trinajstić information content (AvgIpc) is 2.70. The molecule has 0 spiro atoms. The van der Waals surface area contributed by atoms with Crippen LogP contribution >= 0.6 is 11.6 Å². The van der Waals surface area contributed by atoms with Gasteiger partial charge in [-0.1, -0.05) is 11.6 Å². The summed E-state index contributed by atoms with van der Waals surface area (Å²) in [6, 6.07) is 11.6. The van der Waals surface area contributed by atoms with Gasteiger partial charge in [0.2, 0.25) is 5.78 Å². The molecule has 1 aromatic heterocycles. The van der Waals surface area contributed by atoms with Crippen molar-refractivity contribution >= 4 is 42.9 Å². The van der Waals surface area contributed by atoms with E-state index in [1.54, 1.807) is 6.92 Å². The van der Waals surface area contributed by atoms with Crippen LogP contribution in [0.4, 0.5) is 5.69 Å². The molecule has 0 bridgehead atoms. The highest BCUT2D eigenvalue weighted by Crippen LogP contribution is 2.26. The summed E-state index contributed by atoms with van der Waals surface area (Å²) in [4.78, 5) is 12.7. The van der Waals surface area contributed by atoms with Crippen LogP contribution in [0.15, 0.2) is 70.6 Å². The van der Waals surface area contributed by atoms with Crippen molar-refractivity contribution in [2.45, 2.75) is 16.7 Å². The fourth-order valence-corrected chi connectivity index (χ4v) is 4.59. The molecule has 31 heavy (non-hydrogen) atoms. The molecule has 3 rings (SSSR count). The molecule has 2 aromatic carbocycles. The summed E-state index contributed by atoms with van der Waals surface area (Å²) in [7, 11) is -7.63. The number of rotatable bonds is 6. The minimum Gasteiger partial charge on any atom is -0.618 e. The third-order valence-corrected chi connectivity index (χ3v) is 7.15. The van der Waals surface area contributed by atoms with Crippen molar-refractivity contribution in [3.8, 4) is 0 Å². The Morgan fingerprint density at radius 2 is 1.58 bits per heavy atom. The fourth-order valence-electron chi connectivity index (χ4n) is 2.71. The lowest BCUT2D eigenvalue weighted by Crippen LogP contribution is -2.30. The Morgan fingerprint density at radius 1 is 0.968 bits per heavy atom. The molecule has 0 radical (unpaired) electrons. The van der Waals surface area contributed by atoms with E-state index in [-0.39, 0.29) is 31.6 Å². The summed E-state index contributed by atoms with van der Waals surface area (Å²) in [5, 5.41) is 12.0. The number of sulfone groups is 1. The van der Waals surface area contributed by atoms with E-state index in [1.165, 1.54) is 42.5 Å². The van der Waals surface area contributed by atoms with Crippen LogP contribution < -0.4 is 9.45 Å². The van der Waals surface area contributed by atoms with Gasteiger partial charge in [-0.25, -0.2) is 16.8 Å². The Balaban J connectivity index is 2.00. The van der Waals surface area contributed by atoms with Gasteiger partial charge < -0.3 is 5.21 Å². The van der Waals surface area contributed by atoms with E-state index in [2.05, 4.69) is 4.72 Å². The molecular weight excluding hydrogens is 464 g/mol. The molecule has 1 N–H and O–H groups in total. The first-order valence-corrected chi connectivity index (χ1v) is 12.5. The summed E-state index contributed by atoms with van der Waals surface area (Å²) in [5.74, 6) is -0.600. The maximum Gasteiger partial charge on any atom is 0.261 e. The van der Waals surface area contributed by atoms with Gasteiger partial charge in [-0.15, -0.1) is 0 Å². The summed E-state index contributed by atoms with van der Waals surface area (Å²) in [6.07, 6.45) is 2.11. The molecule has 0 saturated heterocycles. The minimum atomic E-state index is -4.15. The Labute approximate surface area is 184 Å². The van der Waals surface area contributed by atoms with Crippen LogP contribution in [0.2, 0.25) is 5.02 Å². The van der Waals surface area contributed by atoms with Crippen molar-refractivity contribution in [3.05, 3.63) is 87.8 Å². The number of hydrogen-bond acceptors (Lipinski definition) is 6. The number of ketones is 1. The van der Waals surface area contributed by atoms with Gasteiger partial charge in [0.15, 0.2) is 21.7 Å². The third-order valence-electron chi connectivity index (χ3n) is 4.40. The maximum absolute atomic E-state index is 12.9. The number of halogens is 1. The summed E-state index contributed by atoms with van der Waals surface area (Å²) >= 11 is 6.00. The summed E-state index contributed by atoms with van der Waals surface area (Å²) < 4.78 is 51.6. The second-order valence-corrected chi connectivity index (χ2v) is 10.9. The van der Waals surface area contributed by atoms with Gasteiger partial charge in [0.25, 0.3) is 10.0 Å². The predicted octanol–water partition coefficient (Wildman–Crippen LogP) is 2.72. The number of hydrogen-bond donors (Lipinski definition) is 1. The number of pyridine rings is 1. The number of nitrogens with one attached hydrogen (secondary N) is 1. The quantitative estimate of drug-likeness (QED) is 0.328. The van der Waals surface area contributed by atoms with Gasteiger partial charge in [-0.05, 0) is 48.5 Å². The molecule has 11 heteroatoms. The molecular formula is C20H17ClN2O6S2. The van der Waals surface area contributed by atoms with Gasteiger partial charge in [0, 0.05) is 29.8 Å². The van der Waals surface area contributed by atoms with Crippen molar-refractivity contribution in [1.82, 2.24) is 0 Å². The second-order valence-electron chi connectivity index (χ2n) is 6.75. The lowest BCUT2D eigenvalue weighted by atomic mass is 10.0. The molecule has 0 unspecified atom stereocenters. The Bertz CT molecular complexity index is 1390. The molecule has 3 aromatic rings. The van der Waals surface area contributed by atoms with Crippen molar-refractivity contribution in [1.29, 1.82) is 0 Å². The van der Waals surface area contributed by atoms with Crippen LogP contribution in [-0.4, -0.2) is 28.9 Å². The molecule has 0 amide bonds. The van der Waals surface area contributed by atoms with Gasteiger partial charge in [0.05, 0.1) is 21.0 Å². The Hall–Kier alpha value is -2.95. The van der Waals surface area contributed by atoms with Crippen LogP contribution in [0.5, 0.6) is 0 Å². The molecule has 0 saturated carbocycles. The van der Waals surface area contributed by atoms with E-state index in [4.69, 9.17) is 11.6 Å². The fraction of sp³-hybridized carbons (Fsp3) is 0.100. The lowest BCUT2D eigenvalue weighted by Gasteiger charge is -2.13. The standard InChI is InChI=1S/C20H17ClN2O6S2/c1-13-3-4-14(12-23(13)25)20(24)18-11-15(21)5-10-19(18)22-31(28,29)17-8-6-16(7-9-17)30(2,26)27/h3-12,22H,1-2H3. The largest absolute Gasteiger partial charge is 0.618 e. The first-order chi connectivity index (χ1) is 14.4. The predicted molar refractivity (Wildman–Crippen MR) is 115 cm³/mol. The zero-order valence-electron chi connectivity index (χ0n) is 16.4. The SMILES string of the molecule is Cc1ccc(C(=O)c2cc(Cl)ccc2NS(=O)(=O)c2ccc(S(C)(=O)=O)cc2)c[n+]1[O-]. The molecule has 0 aliphatic rings. The minimum absolute atomic E-state index is 0.0286. The third kappa shape index (κ3) is 5.04. The highest BCUT2D eigenvalue weighted by atomic mass is 35.5. The van der Waals surface area contributed by atoms with Crippen molar-refractivity contribution in [2.75, 3.05) is 11.0 Å². The molecule has 162 valence electrons. The zero-order chi connectivity index (χ0) is 23.0. The van der Waals surface area contributed by atoms with Gasteiger partial charge in [0.1, 0.15) is 0 Å². The van der Waals surface area contributed by atoms with Gasteiger partial charge >= 0.3 is 0 Å². The average molecular weight is 481 g/mol. The molecule has 8 nitrogen and oxygen atoms in total. The topological polar surface area (TPSA) is 124 Å². The number of aryl methyl sites for hydroxylation is 1. The lowest BCUT2D eigenvalue weighted by molar-refractivity contribution is -0.612. The number of anilines is 1. The first kappa shape index (κ1) is 22.7. The summed E-state index contributed by atoms with van der Waals surface area (Å²) in [5.41, 5.74) is 0.356. The Morgan fingerprint density at radius 3 is 2.16 bits per heavy atom. The molecule has 0 aliphatic heterocycles. The van der Waals surface area contributed by atoms with E-state index in [0.29, 0.717) is 10.4 Å². The van der Waals surface area contributed by atoms with Gasteiger partial charge in [-0.2, -0.15) is 4.73 Å². The summed E-state index contributed by atoms with van der Waals surface area (Å²) in [6.45, 7) is 1.58. The van der Waals surface area contributed by atoms with Crippen molar-refractivity contribution in [3.63, 3.8) is 0 Å². The monoisotopic (exact) mass is 480 g/mol. The molecule has 0 fully saturated rings. The van der Waals surface area contributed by atoms with Crippen LogP contribution in [-0.2, 0) is 19.9 Å². The van der Waals surface area contributed by atoms with E-state index in [1.807, 2.05) is 0 Å². The van der Waals surface area contributed by atoms with Crippen LogP contribution in [0.25, 0.3) is 0 Å². The van der Waals surface area contributed by atoms with Gasteiger partial charge in [-0.3, -0.25) is 9.52 Å². The number of sulfonamides is 1. The van der Waals surface area contributed by atoms with E-state index < -0.39 is 25.6 Å². The van der Waals surface area contributed by atoms with E-state index in [9.17, 15) is 26.8 Å². The number of carbonyl (C=O) groups is 1. The maximum atomic E-state index is 12.9.